The van der Waals surface area contributed by atoms with E-state index in [1.54, 1.807) is 18.2 Å². The molecule has 1 aromatic heterocycles. The molecule has 1 N–H and O–H groups in total. The fourth-order valence-electron chi connectivity index (χ4n) is 3.17. The highest BCUT2D eigenvalue weighted by molar-refractivity contribution is 5.86. The lowest BCUT2D eigenvalue weighted by Gasteiger charge is -2.29. The molecule has 1 aliphatic rings. The summed E-state index contributed by atoms with van der Waals surface area (Å²) in [5, 5.41) is 3.97. The Hall–Kier alpha value is -1.62. The normalized spacial score (nSPS) is 23.4. The number of nitrogens with zero attached hydrogens (tertiary/aromatic N) is 1. The molecule has 0 aliphatic carbocycles. The van der Waals surface area contributed by atoms with E-state index in [-0.39, 0.29) is 11.4 Å². The molecule has 2 heterocycles. The molecule has 0 bridgehead atoms. The number of aromatic nitrogens is 1. The summed E-state index contributed by atoms with van der Waals surface area (Å²) in [6.45, 7) is 3.93. The van der Waals surface area contributed by atoms with E-state index in [2.05, 4.69) is 17.2 Å². The molecule has 2 nitrogen and oxygen atoms in total. The topological polar surface area (TPSA) is 24.9 Å². The molecule has 21 heavy (non-hydrogen) atoms. The Morgan fingerprint density at radius 2 is 2.00 bits per heavy atom. The first-order valence-electron chi connectivity index (χ1n) is 7.12. The summed E-state index contributed by atoms with van der Waals surface area (Å²) in [5.74, 6) is 0.764. The van der Waals surface area contributed by atoms with Crippen LogP contribution in [0.1, 0.15) is 30.4 Å². The molecule has 2 aromatic rings. The summed E-state index contributed by atoms with van der Waals surface area (Å²) in [6.07, 6.45) is -1.96. The maximum atomic E-state index is 13.1. The van der Waals surface area contributed by atoms with Crippen molar-refractivity contribution in [3.63, 3.8) is 0 Å². The summed E-state index contributed by atoms with van der Waals surface area (Å²) in [6, 6.07) is 6.24. The van der Waals surface area contributed by atoms with Crippen LogP contribution in [0.25, 0.3) is 10.9 Å². The second kappa shape index (κ2) is 5.30. The van der Waals surface area contributed by atoms with Crippen molar-refractivity contribution in [2.75, 3.05) is 13.1 Å². The largest absolute Gasteiger partial charge is 0.418 e. The third kappa shape index (κ3) is 2.75. The summed E-state index contributed by atoms with van der Waals surface area (Å²) in [7, 11) is 0. The van der Waals surface area contributed by atoms with E-state index in [4.69, 9.17) is 0 Å². The Kier molecular flexibility index (Phi) is 3.61. The Bertz CT molecular complexity index is 652. The van der Waals surface area contributed by atoms with Gasteiger partial charge in [0.15, 0.2) is 0 Å². The first-order valence-corrected chi connectivity index (χ1v) is 7.12. The van der Waals surface area contributed by atoms with Crippen molar-refractivity contribution in [1.29, 1.82) is 0 Å². The van der Waals surface area contributed by atoms with Gasteiger partial charge in [0.25, 0.3) is 0 Å². The van der Waals surface area contributed by atoms with Crippen LogP contribution in [0.4, 0.5) is 13.2 Å². The molecule has 5 heteroatoms. The predicted molar refractivity (Wildman–Crippen MR) is 76.1 cm³/mol. The smallest absolute Gasteiger partial charge is 0.316 e. The van der Waals surface area contributed by atoms with Gasteiger partial charge in [0.1, 0.15) is 0 Å². The van der Waals surface area contributed by atoms with E-state index >= 15 is 0 Å². The fraction of sp³-hybridized carbons (Fsp3) is 0.438. The molecule has 0 spiro atoms. The van der Waals surface area contributed by atoms with Gasteiger partial charge in [0.05, 0.1) is 11.1 Å². The molecule has 0 saturated carbocycles. The number of fused-ring (bicyclic) bond motifs is 1. The number of nitrogens with one attached hydrogen (secondary N) is 1. The van der Waals surface area contributed by atoms with Crippen molar-refractivity contribution in [2.45, 2.75) is 25.4 Å². The first-order chi connectivity index (χ1) is 9.97. The van der Waals surface area contributed by atoms with Crippen molar-refractivity contribution in [3.8, 4) is 0 Å². The minimum absolute atomic E-state index is 0.0562. The molecule has 1 aromatic carbocycles. The number of benzene rings is 1. The van der Waals surface area contributed by atoms with Crippen molar-refractivity contribution < 1.29 is 13.2 Å². The third-order valence-electron chi connectivity index (χ3n) is 4.12. The predicted octanol–water partition coefficient (Wildman–Crippen LogP) is 3.97. The van der Waals surface area contributed by atoms with E-state index in [0.717, 1.165) is 25.1 Å². The molecule has 112 valence electrons. The van der Waals surface area contributed by atoms with E-state index < -0.39 is 11.7 Å². The Morgan fingerprint density at radius 3 is 2.71 bits per heavy atom. The highest BCUT2D eigenvalue weighted by Gasteiger charge is 2.34. The Labute approximate surface area is 121 Å². The zero-order valence-electron chi connectivity index (χ0n) is 11.7. The number of piperidine rings is 1. The molecule has 0 radical (unpaired) electrons. The maximum absolute atomic E-state index is 13.1. The highest BCUT2D eigenvalue weighted by Crippen LogP contribution is 2.38. The van der Waals surface area contributed by atoms with Crippen molar-refractivity contribution in [1.82, 2.24) is 10.3 Å². The zero-order chi connectivity index (χ0) is 15.0. The van der Waals surface area contributed by atoms with E-state index in [0.29, 0.717) is 11.3 Å². The average Bonchev–Trinajstić information content (AvgIpc) is 2.45. The third-order valence-corrected chi connectivity index (χ3v) is 4.12. The van der Waals surface area contributed by atoms with Gasteiger partial charge in [-0.25, -0.2) is 0 Å². The fourth-order valence-corrected chi connectivity index (χ4v) is 3.17. The number of hydrogen-bond donors (Lipinski definition) is 1. The molecule has 1 saturated heterocycles. The second-order valence-corrected chi connectivity index (χ2v) is 5.80. The zero-order valence-corrected chi connectivity index (χ0v) is 11.7. The van der Waals surface area contributed by atoms with Crippen LogP contribution in [0.5, 0.6) is 0 Å². The standard InChI is InChI=1S/C16H17F3N2/c1-10-7-11(9-20-8-10)12-4-5-14(16(17,18)19)15-13(12)3-2-6-21-15/h2-6,10-11,20H,7-9H2,1H3. The van der Waals surface area contributed by atoms with Crippen LogP contribution in [0.3, 0.4) is 0 Å². The minimum Gasteiger partial charge on any atom is -0.316 e. The van der Waals surface area contributed by atoms with Crippen molar-refractivity contribution in [2.24, 2.45) is 5.92 Å². The van der Waals surface area contributed by atoms with Crippen LogP contribution in [-0.2, 0) is 6.18 Å². The lowest BCUT2D eigenvalue weighted by atomic mass is 9.84. The first kappa shape index (κ1) is 14.3. The number of rotatable bonds is 1. The molecule has 1 fully saturated rings. The van der Waals surface area contributed by atoms with Crippen LogP contribution < -0.4 is 5.32 Å². The average molecular weight is 294 g/mol. The number of pyridine rings is 1. The quantitative estimate of drug-likeness (QED) is 0.861. The molecule has 2 atom stereocenters. The van der Waals surface area contributed by atoms with Gasteiger partial charge in [-0.15, -0.1) is 0 Å². The Balaban J connectivity index is 2.13. The van der Waals surface area contributed by atoms with E-state index in [1.807, 2.05) is 0 Å². The molecular weight excluding hydrogens is 277 g/mol. The minimum atomic E-state index is -4.37. The van der Waals surface area contributed by atoms with Gasteiger partial charge in [0, 0.05) is 18.1 Å². The Morgan fingerprint density at radius 1 is 1.19 bits per heavy atom. The van der Waals surface area contributed by atoms with Gasteiger partial charge in [-0.3, -0.25) is 4.98 Å². The monoisotopic (exact) mass is 294 g/mol. The number of alkyl halides is 3. The van der Waals surface area contributed by atoms with Crippen molar-refractivity contribution >= 4 is 10.9 Å². The maximum Gasteiger partial charge on any atom is 0.418 e. The summed E-state index contributed by atoms with van der Waals surface area (Å²) >= 11 is 0. The molecule has 2 unspecified atom stereocenters. The van der Waals surface area contributed by atoms with Gasteiger partial charge >= 0.3 is 6.18 Å². The molecule has 0 amide bonds. The summed E-state index contributed by atoms with van der Waals surface area (Å²) in [5.41, 5.74) is 0.365. The molecule has 1 aliphatic heterocycles. The lowest BCUT2D eigenvalue weighted by molar-refractivity contribution is -0.136. The van der Waals surface area contributed by atoms with Gasteiger partial charge in [-0.2, -0.15) is 13.2 Å². The summed E-state index contributed by atoms with van der Waals surface area (Å²) in [4.78, 5) is 3.98. The summed E-state index contributed by atoms with van der Waals surface area (Å²) < 4.78 is 39.3. The van der Waals surface area contributed by atoms with Gasteiger partial charge in [-0.1, -0.05) is 19.1 Å². The molecular formula is C16H17F3N2. The van der Waals surface area contributed by atoms with Crippen LogP contribution >= 0.6 is 0 Å². The van der Waals surface area contributed by atoms with Crippen LogP contribution in [-0.4, -0.2) is 18.1 Å². The van der Waals surface area contributed by atoms with Gasteiger partial charge < -0.3 is 5.32 Å². The van der Waals surface area contributed by atoms with Crippen molar-refractivity contribution in [3.05, 3.63) is 41.6 Å². The van der Waals surface area contributed by atoms with E-state index in [1.165, 1.54) is 12.3 Å². The number of halogens is 3. The number of hydrogen-bond acceptors (Lipinski definition) is 2. The van der Waals surface area contributed by atoms with Crippen LogP contribution in [0, 0.1) is 5.92 Å². The van der Waals surface area contributed by atoms with Gasteiger partial charge in [-0.05, 0) is 42.5 Å². The highest BCUT2D eigenvalue weighted by atomic mass is 19.4. The van der Waals surface area contributed by atoms with Gasteiger partial charge in [0.2, 0.25) is 0 Å². The van der Waals surface area contributed by atoms with Crippen LogP contribution in [0.15, 0.2) is 30.5 Å². The SMILES string of the molecule is CC1CNCC(c2ccc(C(F)(F)F)c3ncccc23)C1. The lowest BCUT2D eigenvalue weighted by Crippen LogP contribution is -2.33. The second-order valence-electron chi connectivity index (χ2n) is 5.80. The molecule has 3 rings (SSSR count). The van der Waals surface area contributed by atoms with E-state index in [9.17, 15) is 13.2 Å². The van der Waals surface area contributed by atoms with Crippen LogP contribution in [0.2, 0.25) is 0 Å².